The third-order valence-electron chi connectivity index (χ3n) is 5.82. The Morgan fingerprint density at radius 2 is 2.03 bits per heavy atom. The Balaban J connectivity index is 1.48. The highest BCUT2D eigenvalue weighted by Crippen LogP contribution is 2.28. The van der Waals surface area contributed by atoms with Gasteiger partial charge in [0.05, 0.1) is 23.9 Å². The quantitative estimate of drug-likeness (QED) is 0.403. The molecule has 166 valence electrons. The maximum absolute atomic E-state index is 13.0. The van der Waals surface area contributed by atoms with Crippen LogP contribution in [0, 0.1) is 17.3 Å². The zero-order chi connectivity index (χ0) is 23.3. The van der Waals surface area contributed by atoms with E-state index in [2.05, 4.69) is 22.5 Å². The normalized spacial score (nSPS) is 19.2. The smallest absolute Gasteiger partial charge is 0.323 e. The monoisotopic (exact) mass is 461 g/mol. The summed E-state index contributed by atoms with van der Waals surface area (Å²) in [5.41, 5.74) is 1.29. The summed E-state index contributed by atoms with van der Waals surface area (Å²) < 4.78 is 7.87. The summed E-state index contributed by atoms with van der Waals surface area (Å²) >= 11 is 1.32. The van der Waals surface area contributed by atoms with Gasteiger partial charge in [0.25, 0.3) is 11.8 Å². The second-order valence-corrected chi connectivity index (χ2v) is 8.93. The van der Waals surface area contributed by atoms with Gasteiger partial charge in [-0.25, -0.2) is 4.79 Å². The summed E-state index contributed by atoms with van der Waals surface area (Å²) in [6.07, 6.45) is 0. The van der Waals surface area contributed by atoms with E-state index in [1.165, 1.54) is 23.3 Å². The lowest BCUT2D eigenvalue weighted by atomic mass is 9.99. The topological polar surface area (TPSA) is 117 Å². The first-order valence-electron chi connectivity index (χ1n) is 10.1. The highest BCUT2D eigenvalue weighted by molar-refractivity contribution is 7.16. The standard InChI is InChI=1S/C23H19N5O4S/c1-27-17-6-3-13(9-18(17)33-21(27)24)7-8-23(20(30)25-22(31)26-23)12-28-11-14-4-5-15(32-2)10-16(14)19(28)29/h3-6,9-10,24H,11-12H2,1-2H3,(H2,25,26,30,31)/t23-/m1/s1. The van der Waals surface area contributed by atoms with E-state index in [-0.39, 0.29) is 12.5 Å². The number of amides is 4. The Hall–Kier alpha value is -4.10. The fourth-order valence-electron chi connectivity index (χ4n) is 4.02. The lowest BCUT2D eigenvalue weighted by molar-refractivity contribution is -0.122. The molecule has 1 aromatic heterocycles. The van der Waals surface area contributed by atoms with Gasteiger partial charge in [0.15, 0.2) is 4.80 Å². The van der Waals surface area contributed by atoms with Crippen molar-refractivity contribution in [3.05, 3.63) is 57.9 Å². The van der Waals surface area contributed by atoms with Crippen molar-refractivity contribution in [3.8, 4) is 17.6 Å². The van der Waals surface area contributed by atoms with Crippen LogP contribution in [0.5, 0.6) is 5.75 Å². The molecule has 2 aliphatic heterocycles. The van der Waals surface area contributed by atoms with Gasteiger partial charge in [-0.1, -0.05) is 29.2 Å². The molecule has 33 heavy (non-hydrogen) atoms. The predicted octanol–water partition coefficient (Wildman–Crippen LogP) is 1.31. The molecule has 10 heteroatoms. The number of nitrogens with zero attached hydrogens (tertiary/aromatic N) is 2. The minimum atomic E-state index is -1.57. The lowest BCUT2D eigenvalue weighted by Crippen LogP contribution is -2.54. The SMILES string of the molecule is COc1ccc2c(c1)C(=O)N(C[C@@]1(C#Cc3ccc4c(c3)sc(=N)n4C)NC(=O)NC1=O)C2. The zero-order valence-corrected chi connectivity index (χ0v) is 18.6. The van der Waals surface area contributed by atoms with Crippen LogP contribution in [-0.4, -0.2) is 46.5 Å². The molecule has 2 aromatic carbocycles. The van der Waals surface area contributed by atoms with Crippen LogP contribution in [-0.2, 0) is 18.4 Å². The Morgan fingerprint density at radius 1 is 1.21 bits per heavy atom. The van der Waals surface area contributed by atoms with Crippen LogP contribution < -0.4 is 20.2 Å². The number of hydrogen-bond acceptors (Lipinski definition) is 6. The van der Waals surface area contributed by atoms with Crippen molar-refractivity contribution < 1.29 is 19.1 Å². The van der Waals surface area contributed by atoms with Gasteiger partial charge < -0.3 is 19.5 Å². The largest absolute Gasteiger partial charge is 0.497 e. The van der Waals surface area contributed by atoms with Gasteiger partial charge >= 0.3 is 6.03 Å². The minimum Gasteiger partial charge on any atom is -0.497 e. The van der Waals surface area contributed by atoms with Crippen LogP contribution in [0.2, 0.25) is 0 Å². The van der Waals surface area contributed by atoms with Gasteiger partial charge in [-0.05, 0) is 35.9 Å². The minimum absolute atomic E-state index is 0.0967. The van der Waals surface area contributed by atoms with Crippen LogP contribution in [0.25, 0.3) is 10.2 Å². The van der Waals surface area contributed by atoms with Crippen molar-refractivity contribution in [2.45, 2.75) is 12.1 Å². The number of hydrogen-bond donors (Lipinski definition) is 3. The van der Waals surface area contributed by atoms with Gasteiger partial charge in [-0.3, -0.25) is 20.3 Å². The number of nitrogens with one attached hydrogen (secondary N) is 3. The molecule has 0 saturated carbocycles. The maximum Gasteiger partial charge on any atom is 0.323 e. The summed E-state index contributed by atoms with van der Waals surface area (Å²) in [7, 11) is 3.35. The number of rotatable bonds is 3. The fraction of sp³-hybridized carbons (Fsp3) is 0.217. The number of imide groups is 1. The molecule has 3 N–H and O–H groups in total. The number of methoxy groups -OCH3 is 1. The highest BCUT2D eigenvalue weighted by atomic mass is 32.1. The van der Waals surface area contributed by atoms with Crippen LogP contribution in [0.15, 0.2) is 36.4 Å². The van der Waals surface area contributed by atoms with Gasteiger partial charge in [-0.2, -0.15) is 0 Å². The Morgan fingerprint density at radius 3 is 2.76 bits per heavy atom. The molecule has 9 nitrogen and oxygen atoms in total. The van der Waals surface area contributed by atoms with E-state index in [1.54, 1.807) is 22.8 Å². The van der Waals surface area contributed by atoms with Gasteiger partial charge in [-0.15, -0.1) is 0 Å². The third kappa shape index (κ3) is 3.43. The third-order valence-corrected chi connectivity index (χ3v) is 6.83. The second-order valence-electron chi connectivity index (χ2n) is 7.90. The van der Waals surface area contributed by atoms with E-state index in [0.29, 0.717) is 28.2 Å². The molecule has 0 radical (unpaired) electrons. The van der Waals surface area contributed by atoms with Crippen LogP contribution in [0.1, 0.15) is 21.5 Å². The number of carbonyl (C=O) groups is 3. The number of benzene rings is 2. The van der Waals surface area contributed by atoms with Crippen LogP contribution in [0.4, 0.5) is 4.79 Å². The lowest BCUT2D eigenvalue weighted by Gasteiger charge is -2.26. The van der Waals surface area contributed by atoms with Gasteiger partial charge in [0.2, 0.25) is 5.54 Å². The van der Waals surface area contributed by atoms with E-state index >= 15 is 0 Å². The van der Waals surface area contributed by atoms with E-state index in [9.17, 15) is 14.4 Å². The molecule has 0 aliphatic carbocycles. The summed E-state index contributed by atoms with van der Waals surface area (Å²) in [6, 6.07) is 10.1. The summed E-state index contributed by atoms with van der Waals surface area (Å²) in [6.45, 7) is 0.204. The molecule has 0 spiro atoms. The van der Waals surface area contributed by atoms with E-state index in [0.717, 1.165) is 15.8 Å². The number of aryl methyl sites for hydroxylation is 1. The molecule has 2 aliphatic rings. The average Bonchev–Trinajstić information content (AvgIpc) is 3.37. The molecular weight excluding hydrogens is 442 g/mol. The number of thiazole rings is 1. The number of ether oxygens (including phenoxy) is 1. The summed E-state index contributed by atoms with van der Waals surface area (Å²) in [4.78, 5) is 39.7. The molecule has 4 amide bonds. The molecule has 3 heterocycles. The predicted molar refractivity (Wildman–Crippen MR) is 121 cm³/mol. The summed E-state index contributed by atoms with van der Waals surface area (Å²) in [5.74, 6) is 5.61. The van der Waals surface area contributed by atoms with Crippen molar-refractivity contribution in [3.63, 3.8) is 0 Å². The second kappa shape index (κ2) is 7.50. The molecule has 1 atom stereocenters. The van der Waals surface area contributed by atoms with E-state index in [1.807, 2.05) is 25.2 Å². The average molecular weight is 462 g/mol. The molecular formula is C23H19N5O4S. The first kappa shape index (κ1) is 20.8. The summed E-state index contributed by atoms with van der Waals surface area (Å²) in [5, 5.41) is 12.8. The van der Waals surface area contributed by atoms with Crippen molar-refractivity contribution in [1.82, 2.24) is 20.1 Å². The van der Waals surface area contributed by atoms with Crippen LogP contribution >= 0.6 is 11.3 Å². The van der Waals surface area contributed by atoms with E-state index < -0.39 is 17.5 Å². The Bertz CT molecular complexity index is 1480. The van der Waals surface area contributed by atoms with Gasteiger partial charge in [0.1, 0.15) is 5.75 Å². The van der Waals surface area contributed by atoms with Crippen molar-refractivity contribution in [2.24, 2.45) is 7.05 Å². The van der Waals surface area contributed by atoms with Crippen LogP contribution in [0.3, 0.4) is 0 Å². The molecule has 1 saturated heterocycles. The zero-order valence-electron chi connectivity index (χ0n) is 17.8. The number of carbonyl (C=O) groups excluding carboxylic acids is 3. The van der Waals surface area contributed by atoms with Crippen molar-refractivity contribution in [2.75, 3.05) is 13.7 Å². The number of aromatic nitrogens is 1. The molecule has 3 aromatic rings. The molecule has 1 fully saturated rings. The maximum atomic E-state index is 13.0. The molecule has 0 unspecified atom stereocenters. The first-order valence-corrected chi connectivity index (χ1v) is 10.9. The number of fused-ring (bicyclic) bond motifs is 2. The van der Waals surface area contributed by atoms with Gasteiger partial charge in [0, 0.05) is 24.7 Å². The Labute approximate surface area is 192 Å². The van der Waals surface area contributed by atoms with E-state index in [4.69, 9.17) is 10.1 Å². The number of urea groups is 1. The highest BCUT2D eigenvalue weighted by Gasteiger charge is 2.48. The fourth-order valence-corrected chi connectivity index (χ4v) is 4.96. The van der Waals surface area contributed by atoms with Crippen molar-refractivity contribution in [1.29, 1.82) is 5.41 Å². The molecule has 5 rings (SSSR count). The Kier molecular flexibility index (Phi) is 4.72. The van der Waals surface area contributed by atoms with Crippen molar-refractivity contribution >= 4 is 39.4 Å². The molecule has 0 bridgehead atoms. The first-order chi connectivity index (χ1) is 15.8.